The van der Waals surface area contributed by atoms with Gasteiger partial charge in [0, 0.05) is 5.56 Å². The normalized spacial score (nSPS) is 10.4. The number of rotatable bonds is 3. The van der Waals surface area contributed by atoms with Crippen LogP contribution in [0.2, 0.25) is 0 Å². The number of aryl methyl sites for hydroxylation is 3. The van der Waals surface area contributed by atoms with Gasteiger partial charge in [-0.2, -0.15) is 0 Å². The van der Waals surface area contributed by atoms with Crippen LogP contribution >= 0.6 is 0 Å². The Kier molecular flexibility index (Phi) is 5.72. The largest absolute Gasteiger partial charge is 0.207 e. The molecule has 0 atom stereocenters. The molecule has 3 aromatic carbocycles. The lowest BCUT2D eigenvalue weighted by Crippen LogP contribution is -1.90. The average molecular weight is 360 g/mol. The average Bonchev–Trinajstić information content (AvgIpc) is 2.64. The Bertz CT molecular complexity index is 1040. The predicted octanol–water partition coefficient (Wildman–Crippen LogP) is 6.60. The fourth-order valence-corrected chi connectivity index (χ4v) is 3.01. The summed E-state index contributed by atoms with van der Waals surface area (Å²) in [4.78, 5) is 0. The molecule has 0 nitrogen and oxygen atoms in total. The molecule has 27 heavy (non-hydrogen) atoms. The van der Waals surface area contributed by atoms with Gasteiger partial charge in [0.1, 0.15) is 11.6 Å². The predicted molar refractivity (Wildman–Crippen MR) is 108 cm³/mol. The van der Waals surface area contributed by atoms with E-state index in [4.69, 9.17) is 0 Å². The first-order chi connectivity index (χ1) is 13.0. The molecular weight excluding hydrogens is 338 g/mol. The highest BCUT2D eigenvalue weighted by molar-refractivity contribution is 5.65. The van der Waals surface area contributed by atoms with Gasteiger partial charge in [-0.05, 0) is 72.4 Å². The molecule has 0 unspecified atom stereocenters. The van der Waals surface area contributed by atoms with Crippen LogP contribution < -0.4 is 0 Å². The van der Waals surface area contributed by atoms with E-state index in [0.717, 1.165) is 24.0 Å². The Balaban J connectivity index is 1.87. The van der Waals surface area contributed by atoms with E-state index in [1.807, 2.05) is 13.0 Å². The molecule has 0 N–H and O–H groups in total. The Hall–Kier alpha value is -2.92. The second-order valence-electron chi connectivity index (χ2n) is 6.81. The summed E-state index contributed by atoms with van der Waals surface area (Å²) in [6.45, 7) is 5.88. The standard InChI is InChI=1S/C25H22F2/c1-4-5-19-7-9-20(18(3)14-19)10-11-21-12-13-23(16-25(21)27)22-8-6-17(2)24(26)15-22/h6-9,12-16H,4-5H2,1-3H3. The highest BCUT2D eigenvalue weighted by atomic mass is 19.1. The summed E-state index contributed by atoms with van der Waals surface area (Å²) < 4.78 is 28.2. The maximum absolute atomic E-state index is 14.5. The first-order valence-electron chi connectivity index (χ1n) is 9.15. The zero-order chi connectivity index (χ0) is 19.4. The molecule has 3 aromatic rings. The van der Waals surface area contributed by atoms with Crippen LogP contribution in [0.4, 0.5) is 8.78 Å². The Morgan fingerprint density at radius 2 is 1.33 bits per heavy atom. The fourth-order valence-electron chi connectivity index (χ4n) is 3.01. The molecule has 0 saturated heterocycles. The molecule has 0 spiro atoms. The minimum atomic E-state index is -0.402. The Labute approximate surface area is 159 Å². The van der Waals surface area contributed by atoms with Crippen molar-refractivity contribution in [2.75, 3.05) is 0 Å². The van der Waals surface area contributed by atoms with Crippen LogP contribution in [0, 0.1) is 37.3 Å². The summed E-state index contributed by atoms with van der Waals surface area (Å²) >= 11 is 0. The molecule has 0 aliphatic carbocycles. The van der Waals surface area contributed by atoms with Crippen molar-refractivity contribution in [2.24, 2.45) is 0 Å². The van der Waals surface area contributed by atoms with Crippen molar-refractivity contribution in [1.82, 2.24) is 0 Å². The zero-order valence-electron chi connectivity index (χ0n) is 15.9. The van der Waals surface area contributed by atoms with Crippen molar-refractivity contribution in [3.63, 3.8) is 0 Å². The van der Waals surface area contributed by atoms with E-state index < -0.39 is 5.82 Å². The second kappa shape index (κ2) is 8.18. The number of halogens is 2. The van der Waals surface area contributed by atoms with Crippen molar-refractivity contribution in [2.45, 2.75) is 33.6 Å². The summed E-state index contributed by atoms with van der Waals surface area (Å²) in [6, 6.07) is 16.0. The lowest BCUT2D eigenvalue weighted by molar-refractivity contribution is 0.618. The van der Waals surface area contributed by atoms with Crippen LogP contribution in [0.5, 0.6) is 0 Å². The molecule has 3 rings (SSSR count). The number of hydrogen-bond donors (Lipinski definition) is 0. The summed E-state index contributed by atoms with van der Waals surface area (Å²) in [5.74, 6) is 5.29. The van der Waals surface area contributed by atoms with Crippen LogP contribution in [0.3, 0.4) is 0 Å². The molecule has 0 radical (unpaired) electrons. The first-order valence-corrected chi connectivity index (χ1v) is 9.15. The molecule has 0 aromatic heterocycles. The summed E-state index contributed by atoms with van der Waals surface area (Å²) in [5, 5.41) is 0. The molecule has 0 amide bonds. The maximum atomic E-state index is 14.5. The van der Waals surface area contributed by atoms with Crippen molar-refractivity contribution in [3.8, 4) is 23.0 Å². The molecule has 136 valence electrons. The molecule has 0 bridgehead atoms. The van der Waals surface area contributed by atoms with Gasteiger partial charge < -0.3 is 0 Å². The molecule has 2 heteroatoms. The minimum absolute atomic E-state index is 0.293. The van der Waals surface area contributed by atoms with Crippen molar-refractivity contribution < 1.29 is 8.78 Å². The Morgan fingerprint density at radius 1 is 0.704 bits per heavy atom. The highest BCUT2D eigenvalue weighted by Gasteiger charge is 2.06. The van der Waals surface area contributed by atoms with E-state index in [0.29, 0.717) is 22.3 Å². The molecule has 0 aliphatic heterocycles. The quantitative estimate of drug-likeness (QED) is 0.462. The first kappa shape index (κ1) is 18.9. The minimum Gasteiger partial charge on any atom is -0.207 e. The van der Waals surface area contributed by atoms with Crippen molar-refractivity contribution in [1.29, 1.82) is 0 Å². The number of benzene rings is 3. The van der Waals surface area contributed by atoms with Gasteiger partial charge in [0.15, 0.2) is 0 Å². The maximum Gasteiger partial charge on any atom is 0.139 e. The van der Waals surface area contributed by atoms with Crippen LogP contribution in [0.1, 0.15) is 41.2 Å². The van der Waals surface area contributed by atoms with Gasteiger partial charge in [0.25, 0.3) is 0 Å². The van der Waals surface area contributed by atoms with E-state index in [1.165, 1.54) is 17.7 Å². The smallest absolute Gasteiger partial charge is 0.139 e. The van der Waals surface area contributed by atoms with E-state index in [2.05, 4.69) is 30.9 Å². The Morgan fingerprint density at radius 3 is 1.96 bits per heavy atom. The van der Waals surface area contributed by atoms with Crippen molar-refractivity contribution >= 4 is 0 Å². The third-order valence-corrected chi connectivity index (χ3v) is 4.64. The van der Waals surface area contributed by atoms with Gasteiger partial charge in [0.2, 0.25) is 0 Å². The fraction of sp³-hybridized carbons (Fsp3) is 0.200. The monoisotopic (exact) mass is 360 g/mol. The lowest BCUT2D eigenvalue weighted by Gasteiger charge is -2.05. The van der Waals surface area contributed by atoms with Gasteiger partial charge in [-0.1, -0.05) is 55.5 Å². The van der Waals surface area contributed by atoms with Crippen molar-refractivity contribution in [3.05, 3.63) is 94.0 Å². The van der Waals surface area contributed by atoms with Gasteiger partial charge in [-0.3, -0.25) is 0 Å². The summed E-state index contributed by atoms with van der Waals surface area (Å²) in [6.07, 6.45) is 2.15. The van der Waals surface area contributed by atoms with Gasteiger partial charge in [-0.15, -0.1) is 0 Å². The molecule has 0 saturated carbocycles. The van der Waals surface area contributed by atoms with Crippen LogP contribution in [0.15, 0.2) is 54.6 Å². The second-order valence-corrected chi connectivity index (χ2v) is 6.81. The van der Waals surface area contributed by atoms with E-state index in [1.54, 1.807) is 31.2 Å². The number of hydrogen-bond acceptors (Lipinski definition) is 0. The van der Waals surface area contributed by atoms with E-state index >= 15 is 0 Å². The molecular formula is C25H22F2. The SMILES string of the molecule is CCCc1ccc(C#Cc2ccc(-c3ccc(C)c(F)c3)cc2F)c(C)c1. The summed E-state index contributed by atoms with van der Waals surface area (Å²) in [5.41, 5.74) is 5.49. The van der Waals surface area contributed by atoms with Crippen LogP contribution in [-0.2, 0) is 6.42 Å². The van der Waals surface area contributed by atoms with Crippen LogP contribution in [0.25, 0.3) is 11.1 Å². The zero-order valence-corrected chi connectivity index (χ0v) is 15.9. The third-order valence-electron chi connectivity index (χ3n) is 4.64. The van der Waals surface area contributed by atoms with E-state index in [9.17, 15) is 8.78 Å². The van der Waals surface area contributed by atoms with Gasteiger partial charge in [-0.25, -0.2) is 8.78 Å². The van der Waals surface area contributed by atoms with Gasteiger partial charge in [0.05, 0.1) is 5.56 Å². The third kappa shape index (κ3) is 4.44. The molecule has 0 aliphatic rings. The van der Waals surface area contributed by atoms with Crippen LogP contribution in [-0.4, -0.2) is 0 Å². The molecule has 0 heterocycles. The topological polar surface area (TPSA) is 0 Å². The van der Waals surface area contributed by atoms with Gasteiger partial charge >= 0.3 is 0 Å². The lowest BCUT2D eigenvalue weighted by atomic mass is 10.0. The molecule has 0 fully saturated rings. The highest BCUT2D eigenvalue weighted by Crippen LogP contribution is 2.24. The van der Waals surface area contributed by atoms with E-state index in [-0.39, 0.29) is 5.82 Å². The summed E-state index contributed by atoms with van der Waals surface area (Å²) in [7, 11) is 0.